The number of thioether (sulfide) groups is 1. The van der Waals surface area contributed by atoms with Crippen molar-refractivity contribution in [3.8, 4) is 0 Å². The van der Waals surface area contributed by atoms with E-state index in [1.165, 1.54) is 23.1 Å². The quantitative estimate of drug-likeness (QED) is 0.872. The molecule has 0 unspecified atom stereocenters. The summed E-state index contributed by atoms with van der Waals surface area (Å²) in [5.74, 6) is -0.291. The third-order valence-electron chi connectivity index (χ3n) is 2.37. The van der Waals surface area contributed by atoms with Crippen LogP contribution in [0.5, 0.6) is 0 Å². The van der Waals surface area contributed by atoms with Crippen molar-refractivity contribution in [3.63, 3.8) is 0 Å². The maximum atomic E-state index is 11.2. The number of carbonyl (C=O) groups is 1. The van der Waals surface area contributed by atoms with Crippen molar-refractivity contribution in [1.82, 2.24) is 9.97 Å². The molecule has 2 heterocycles. The number of thiazole rings is 1. The molecule has 0 spiro atoms. The van der Waals surface area contributed by atoms with E-state index in [1.54, 1.807) is 18.5 Å². The van der Waals surface area contributed by atoms with Gasteiger partial charge in [0.25, 0.3) is 0 Å². The summed E-state index contributed by atoms with van der Waals surface area (Å²) in [6.45, 7) is 3.66. The Bertz CT molecular complexity index is 568. The van der Waals surface area contributed by atoms with E-state index < -0.39 is 5.97 Å². The number of aromatic nitrogens is 2. The predicted octanol–water partition coefficient (Wildman–Crippen LogP) is 3.15. The molecule has 2 aromatic rings. The zero-order valence-corrected chi connectivity index (χ0v) is 11.6. The second-order valence-electron chi connectivity index (χ2n) is 3.83. The van der Waals surface area contributed by atoms with Crippen molar-refractivity contribution < 1.29 is 9.90 Å². The Morgan fingerprint density at radius 2 is 2.28 bits per heavy atom. The summed E-state index contributed by atoms with van der Waals surface area (Å²) in [4.78, 5) is 19.7. The predicted molar refractivity (Wildman–Crippen MR) is 72.3 cm³/mol. The molecule has 18 heavy (non-hydrogen) atoms. The summed E-state index contributed by atoms with van der Waals surface area (Å²) in [5.41, 5.74) is 4.58. The van der Waals surface area contributed by atoms with Gasteiger partial charge in [-0.3, -0.25) is 0 Å². The number of nitrogens with zero attached hydrogens (tertiary/aromatic N) is 2. The normalized spacial score (nSPS) is 10.6. The standard InChI is InChI=1S/C12H12N2O2S2/c1-7-3-8(2)14-11(10(7)12(15)16)18-5-9-4-17-6-13-9/h3-4,6H,5H2,1-2H3,(H,15,16). The van der Waals surface area contributed by atoms with Gasteiger partial charge in [-0.1, -0.05) is 11.8 Å². The summed E-state index contributed by atoms with van der Waals surface area (Å²) in [7, 11) is 0. The number of pyridine rings is 1. The number of aromatic carboxylic acids is 1. The lowest BCUT2D eigenvalue weighted by atomic mass is 10.1. The maximum absolute atomic E-state index is 11.2. The van der Waals surface area contributed by atoms with Crippen molar-refractivity contribution in [1.29, 1.82) is 0 Å². The Morgan fingerprint density at radius 3 is 2.89 bits per heavy atom. The van der Waals surface area contributed by atoms with Gasteiger partial charge in [0.15, 0.2) is 0 Å². The lowest BCUT2D eigenvalue weighted by Crippen LogP contribution is -2.05. The Kier molecular flexibility index (Phi) is 3.98. The van der Waals surface area contributed by atoms with Gasteiger partial charge in [0, 0.05) is 16.8 Å². The Labute approximate surface area is 113 Å². The second kappa shape index (κ2) is 5.49. The van der Waals surface area contributed by atoms with Gasteiger partial charge in [0.05, 0.1) is 16.8 Å². The first-order chi connectivity index (χ1) is 8.58. The van der Waals surface area contributed by atoms with E-state index >= 15 is 0 Å². The average molecular weight is 280 g/mol. The molecule has 0 aromatic carbocycles. The fraction of sp³-hybridized carbons (Fsp3) is 0.250. The van der Waals surface area contributed by atoms with Gasteiger partial charge in [0.1, 0.15) is 5.03 Å². The minimum atomic E-state index is -0.930. The molecule has 1 N–H and O–H groups in total. The highest BCUT2D eigenvalue weighted by molar-refractivity contribution is 7.98. The van der Waals surface area contributed by atoms with Crippen LogP contribution in [0.2, 0.25) is 0 Å². The largest absolute Gasteiger partial charge is 0.478 e. The van der Waals surface area contributed by atoms with Gasteiger partial charge < -0.3 is 5.11 Å². The van der Waals surface area contributed by atoms with Crippen LogP contribution in [-0.2, 0) is 5.75 Å². The third kappa shape index (κ3) is 2.88. The molecule has 0 aliphatic heterocycles. The SMILES string of the molecule is Cc1cc(C)c(C(=O)O)c(SCc2cscn2)n1. The molecule has 0 amide bonds. The van der Waals surface area contributed by atoms with Crippen LogP contribution < -0.4 is 0 Å². The van der Waals surface area contributed by atoms with Gasteiger partial charge in [0.2, 0.25) is 0 Å². The molecule has 0 aliphatic rings. The van der Waals surface area contributed by atoms with Crippen molar-refractivity contribution in [2.45, 2.75) is 24.6 Å². The van der Waals surface area contributed by atoms with Crippen LogP contribution in [0.25, 0.3) is 0 Å². The highest BCUT2D eigenvalue weighted by atomic mass is 32.2. The van der Waals surface area contributed by atoms with Crippen LogP contribution in [0.15, 0.2) is 22.0 Å². The van der Waals surface area contributed by atoms with Crippen LogP contribution >= 0.6 is 23.1 Å². The van der Waals surface area contributed by atoms with E-state index in [-0.39, 0.29) is 0 Å². The van der Waals surface area contributed by atoms with E-state index in [1.807, 2.05) is 12.3 Å². The molecule has 0 atom stereocenters. The average Bonchev–Trinajstić information content (AvgIpc) is 2.77. The van der Waals surface area contributed by atoms with Crippen LogP contribution in [0, 0.1) is 13.8 Å². The van der Waals surface area contributed by atoms with E-state index in [9.17, 15) is 9.90 Å². The lowest BCUT2D eigenvalue weighted by molar-refractivity contribution is 0.0691. The molecule has 6 heteroatoms. The smallest absolute Gasteiger partial charge is 0.338 e. The monoisotopic (exact) mass is 280 g/mol. The molecule has 0 aliphatic carbocycles. The summed E-state index contributed by atoms with van der Waals surface area (Å²) in [6.07, 6.45) is 0. The number of carboxylic acid groups (broad SMARTS) is 1. The molecule has 0 bridgehead atoms. The van der Waals surface area contributed by atoms with Gasteiger partial charge in [-0.2, -0.15) is 0 Å². The Hall–Kier alpha value is -1.40. The first kappa shape index (κ1) is 13.0. The van der Waals surface area contributed by atoms with Crippen molar-refractivity contribution >= 4 is 29.1 Å². The van der Waals surface area contributed by atoms with E-state index in [2.05, 4.69) is 9.97 Å². The van der Waals surface area contributed by atoms with Crippen molar-refractivity contribution in [2.75, 3.05) is 0 Å². The first-order valence-corrected chi connectivity index (χ1v) is 7.22. The molecule has 0 fully saturated rings. The van der Waals surface area contributed by atoms with E-state index in [4.69, 9.17) is 0 Å². The van der Waals surface area contributed by atoms with Gasteiger partial charge >= 0.3 is 5.97 Å². The van der Waals surface area contributed by atoms with E-state index in [0.717, 1.165) is 17.0 Å². The number of carboxylic acids is 1. The molecule has 4 nitrogen and oxygen atoms in total. The maximum Gasteiger partial charge on any atom is 0.338 e. The molecular weight excluding hydrogens is 268 g/mol. The first-order valence-electron chi connectivity index (χ1n) is 5.29. The summed E-state index contributed by atoms with van der Waals surface area (Å²) in [6, 6.07) is 1.79. The molecule has 0 radical (unpaired) electrons. The number of rotatable bonds is 4. The highest BCUT2D eigenvalue weighted by Crippen LogP contribution is 2.27. The minimum absolute atomic E-state index is 0.292. The molecule has 2 aromatic heterocycles. The Morgan fingerprint density at radius 1 is 1.50 bits per heavy atom. The minimum Gasteiger partial charge on any atom is -0.478 e. The molecular formula is C12H12N2O2S2. The number of hydrogen-bond donors (Lipinski definition) is 1. The van der Waals surface area contributed by atoms with E-state index in [0.29, 0.717) is 16.3 Å². The van der Waals surface area contributed by atoms with Gasteiger partial charge in [-0.25, -0.2) is 14.8 Å². The molecule has 94 valence electrons. The molecule has 2 rings (SSSR count). The van der Waals surface area contributed by atoms with Crippen LogP contribution in [0.1, 0.15) is 27.3 Å². The van der Waals surface area contributed by atoms with Crippen LogP contribution in [0.4, 0.5) is 0 Å². The Balaban J connectivity index is 2.28. The van der Waals surface area contributed by atoms with Gasteiger partial charge in [-0.15, -0.1) is 11.3 Å². The van der Waals surface area contributed by atoms with Crippen molar-refractivity contribution in [3.05, 3.63) is 39.5 Å². The highest BCUT2D eigenvalue weighted by Gasteiger charge is 2.16. The lowest BCUT2D eigenvalue weighted by Gasteiger charge is -2.08. The summed E-state index contributed by atoms with van der Waals surface area (Å²) >= 11 is 2.94. The molecule has 0 saturated carbocycles. The third-order valence-corrected chi connectivity index (χ3v) is 4.01. The topological polar surface area (TPSA) is 63.1 Å². The zero-order chi connectivity index (χ0) is 13.1. The fourth-order valence-electron chi connectivity index (χ4n) is 1.62. The molecule has 0 saturated heterocycles. The summed E-state index contributed by atoms with van der Waals surface area (Å²) in [5, 5.41) is 11.7. The van der Waals surface area contributed by atoms with Crippen LogP contribution in [0.3, 0.4) is 0 Å². The van der Waals surface area contributed by atoms with Crippen molar-refractivity contribution in [2.24, 2.45) is 0 Å². The van der Waals surface area contributed by atoms with Gasteiger partial charge in [-0.05, 0) is 25.5 Å². The number of hydrogen-bond acceptors (Lipinski definition) is 5. The second-order valence-corrected chi connectivity index (χ2v) is 5.52. The summed E-state index contributed by atoms with van der Waals surface area (Å²) < 4.78 is 0. The number of aryl methyl sites for hydroxylation is 2. The zero-order valence-electron chi connectivity index (χ0n) is 10.0. The van der Waals surface area contributed by atoms with Crippen LogP contribution in [-0.4, -0.2) is 21.0 Å². The fourth-order valence-corrected chi connectivity index (χ4v) is 3.33.